The van der Waals surface area contributed by atoms with Crippen LogP contribution in [-0.2, 0) is 0 Å². The van der Waals surface area contributed by atoms with Crippen molar-refractivity contribution in [1.82, 2.24) is 4.90 Å². The summed E-state index contributed by atoms with van der Waals surface area (Å²) in [7, 11) is 2.12. The Labute approximate surface area is 160 Å². The summed E-state index contributed by atoms with van der Waals surface area (Å²) < 4.78 is 5.57. The van der Waals surface area contributed by atoms with E-state index in [-0.39, 0.29) is 5.91 Å². The number of carbonyl (C=O) groups excluding carboxylic acids is 1. The van der Waals surface area contributed by atoms with E-state index in [9.17, 15) is 4.79 Å². The fraction of sp³-hybridized carbons (Fsp3) is 0.381. The van der Waals surface area contributed by atoms with Crippen LogP contribution in [0, 0.1) is 0 Å². The highest BCUT2D eigenvalue weighted by Gasteiger charge is 2.18. The molecule has 0 aliphatic carbocycles. The molecule has 0 bridgehead atoms. The molecule has 1 aliphatic heterocycles. The van der Waals surface area contributed by atoms with Gasteiger partial charge < -0.3 is 25.6 Å². The molecule has 0 atom stereocenters. The van der Waals surface area contributed by atoms with E-state index in [1.165, 1.54) is 0 Å². The van der Waals surface area contributed by atoms with Crippen LogP contribution in [0.5, 0.6) is 5.75 Å². The van der Waals surface area contributed by atoms with Gasteiger partial charge in [-0.2, -0.15) is 0 Å². The number of nitrogens with two attached hydrogens (primary N) is 1. The van der Waals surface area contributed by atoms with E-state index in [1.54, 1.807) is 12.1 Å². The van der Waals surface area contributed by atoms with Gasteiger partial charge in [0.2, 0.25) is 0 Å². The Kier molecular flexibility index (Phi) is 6.19. The number of rotatable bonds is 6. The molecule has 6 nitrogen and oxygen atoms in total. The zero-order valence-corrected chi connectivity index (χ0v) is 16.1. The molecule has 6 heteroatoms. The standard InChI is InChI=1S/C21H28N4O2/c1-3-14-27-18-7-4-16(5-8-18)21(26)23-19-15-17(22)6-9-20(19)25-12-10-24(2)11-13-25/h4-9,15H,3,10-14,22H2,1-2H3,(H,23,26). The van der Waals surface area contributed by atoms with Gasteiger partial charge in [0.1, 0.15) is 5.75 Å². The number of nitrogens with one attached hydrogen (secondary N) is 1. The molecule has 3 rings (SSSR count). The van der Waals surface area contributed by atoms with Gasteiger partial charge in [-0.15, -0.1) is 0 Å². The second-order valence-corrected chi connectivity index (χ2v) is 6.89. The molecular formula is C21H28N4O2. The van der Waals surface area contributed by atoms with Crippen LogP contribution in [0.15, 0.2) is 42.5 Å². The van der Waals surface area contributed by atoms with Crippen molar-refractivity contribution in [3.63, 3.8) is 0 Å². The Hall–Kier alpha value is -2.73. The Morgan fingerprint density at radius 3 is 2.48 bits per heavy atom. The quantitative estimate of drug-likeness (QED) is 0.767. The predicted octanol–water partition coefficient (Wildman–Crippen LogP) is 3.06. The first-order valence-electron chi connectivity index (χ1n) is 9.44. The van der Waals surface area contributed by atoms with Gasteiger partial charge in [-0.05, 0) is 55.9 Å². The number of nitrogen functional groups attached to an aromatic ring is 1. The van der Waals surface area contributed by atoms with E-state index in [4.69, 9.17) is 10.5 Å². The highest BCUT2D eigenvalue weighted by Crippen LogP contribution is 2.29. The summed E-state index contributed by atoms with van der Waals surface area (Å²) in [6, 6.07) is 12.9. The number of hydrogen-bond acceptors (Lipinski definition) is 5. The average Bonchev–Trinajstić information content (AvgIpc) is 2.68. The second-order valence-electron chi connectivity index (χ2n) is 6.89. The molecule has 1 saturated heterocycles. The number of nitrogens with zero attached hydrogens (tertiary/aromatic N) is 2. The zero-order chi connectivity index (χ0) is 19.2. The minimum atomic E-state index is -0.155. The van der Waals surface area contributed by atoms with Crippen LogP contribution in [0.2, 0.25) is 0 Å². The molecule has 0 radical (unpaired) electrons. The molecular weight excluding hydrogens is 340 g/mol. The normalized spacial score (nSPS) is 14.8. The maximum Gasteiger partial charge on any atom is 0.255 e. The fourth-order valence-corrected chi connectivity index (χ4v) is 3.09. The lowest BCUT2D eigenvalue weighted by molar-refractivity contribution is 0.102. The zero-order valence-electron chi connectivity index (χ0n) is 16.1. The molecule has 3 N–H and O–H groups in total. The summed E-state index contributed by atoms with van der Waals surface area (Å²) >= 11 is 0. The van der Waals surface area contributed by atoms with Crippen LogP contribution in [-0.4, -0.2) is 50.6 Å². The van der Waals surface area contributed by atoms with E-state index in [0.717, 1.165) is 49.7 Å². The van der Waals surface area contributed by atoms with E-state index >= 15 is 0 Å². The molecule has 2 aromatic carbocycles. The Bertz CT molecular complexity index is 768. The van der Waals surface area contributed by atoms with E-state index in [2.05, 4.69) is 29.1 Å². The molecule has 1 amide bonds. The van der Waals surface area contributed by atoms with Crippen molar-refractivity contribution in [3.8, 4) is 5.75 Å². The lowest BCUT2D eigenvalue weighted by Gasteiger charge is -2.35. The molecule has 0 aromatic heterocycles. The van der Waals surface area contributed by atoms with Crippen LogP contribution >= 0.6 is 0 Å². The van der Waals surface area contributed by atoms with Crippen molar-refractivity contribution < 1.29 is 9.53 Å². The van der Waals surface area contributed by atoms with Gasteiger partial charge in [-0.1, -0.05) is 6.92 Å². The summed E-state index contributed by atoms with van der Waals surface area (Å²) in [5.41, 5.74) is 8.94. The van der Waals surface area contributed by atoms with Crippen molar-refractivity contribution in [3.05, 3.63) is 48.0 Å². The van der Waals surface area contributed by atoms with Gasteiger partial charge in [0.15, 0.2) is 0 Å². The Morgan fingerprint density at radius 2 is 1.81 bits per heavy atom. The smallest absolute Gasteiger partial charge is 0.255 e. The molecule has 144 valence electrons. The minimum Gasteiger partial charge on any atom is -0.494 e. The van der Waals surface area contributed by atoms with Crippen molar-refractivity contribution in [2.24, 2.45) is 0 Å². The van der Waals surface area contributed by atoms with Gasteiger partial charge in [0.25, 0.3) is 5.91 Å². The van der Waals surface area contributed by atoms with Crippen LogP contribution < -0.4 is 20.7 Å². The predicted molar refractivity (Wildman–Crippen MR) is 111 cm³/mol. The number of hydrogen-bond donors (Lipinski definition) is 2. The summed E-state index contributed by atoms with van der Waals surface area (Å²) in [6.45, 7) is 6.57. The molecule has 1 fully saturated rings. The summed E-state index contributed by atoms with van der Waals surface area (Å²) in [4.78, 5) is 17.3. The SMILES string of the molecule is CCCOc1ccc(C(=O)Nc2cc(N)ccc2N2CCN(C)CC2)cc1. The topological polar surface area (TPSA) is 70.8 Å². The van der Waals surface area contributed by atoms with Gasteiger partial charge in [-0.25, -0.2) is 0 Å². The van der Waals surface area contributed by atoms with Gasteiger partial charge in [0.05, 0.1) is 18.0 Å². The highest BCUT2D eigenvalue weighted by atomic mass is 16.5. The molecule has 0 saturated carbocycles. The van der Waals surface area contributed by atoms with E-state index < -0.39 is 0 Å². The number of likely N-dealkylation sites (N-methyl/N-ethyl adjacent to an activating group) is 1. The largest absolute Gasteiger partial charge is 0.494 e. The molecule has 1 heterocycles. The monoisotopic (exact) mass is 368 g/mol. The third-order valence-corrected chi connectivity index (χ3v) is 4.70. The van der Waals surface area contributed by atoms with Crippen LogP contribution in [0.1, 0.15) is 23.7 Å². The number of ether oxygens (including phenoxy) is 1. The number of amides is 1. The van der Waals surface area contributed by atoms with Crippen molar-refractivity contribution in [2.45, 2.75) is 13.3 Å². The van der Waals surface area contributed by atoms with Crippen molar-refractivity contribution in [2.75, 3.05) is 55.8 Å². The van der Waals surface area contributed by atoms with Gasteiger partial charge >= 0.3 is 0 Å². The number of piperazine rings is 1. The Morgan fingerprint density at radius 1 is 1.11 bits per heavy atom. The molecule has 2 aromatic rings. The fourth-order valence-electron chi connectivity index (χ4n) is 3.09. The third kappa shape index (κ3) is 4.92. The maximum absolute atomic E-state index is 12.7. The average molecular weight is 368 g/mol. The number of carbonyl (C=O) groups is 1. The highest BCUT2D eigenvalue weighted by molar-refractivity contribution is 6.06. The summed E-state index contributed by atoms with van der Waals surface area (Å²) in [6.07, 6.45) is 0.951. The minimum absolute atomic E-state index is 0.155. The molecule has 0 unspecified atom stereocenters. The third-order valence-electron chi connectivity index (χ3n) is 4.70. The number of benzene rings is 2. The van der Waals surface area contributed by atoms with E-state index in [0.29, 0.717) is 17.9 Å². The van der Waals surface area contributed by atoms with E-state index in [1.807, 2.05) is 30.3 Å². The molecule has 1 aliphatic rings. The van der Waals surface area contributed by atoms with Crippen LogP contribution in [0.25, 0.3) is 0 Å². The maximum atomic E-state index is 12.7. The first-order chi connectivity index (χ1) is 13.1. The van der Waals surface area contributed by atoms with Gasteiger partial charge in [-0.3, -0.25) is 4.79 Å². The van der Waals surface area contributed by atoms with Gasteiger partial charge in [0, 0.05) is 37.4 Å². The van der Waals surface area contributed by atoms with Crippen molar-refractivity contribution >= 4 is 23.0 Å². The second kappa shape index (κ2) is 8.77. The Balaban J connectivity index is 1.74. The molecule has 27 heavy (non-hydrogen) atoms. The lowest BCUT2D eigenvalue weighted by Crippen LogP contribution is -2.44. The number of anilines is 3. The van der Waals surface area contributed by atoms with Crippen LogP contribution in [0.3, 0.4) is 0 Å². The van der Waals surface area contributed by atoms with Crippen molar-refractivity contribution in [1.29, 1.82) is 0 Å². The summed E-state index contributed by atoms with van der Waals surface area (Å²) in [5.74, 6) is 0.619. The summed E-state index contributed by atoms with van der Waals surface area (Å²) in [5, 5.41) is 3.02. The first-order valence-corrected chi connectivity index (χ1v) is 9.44. The lowest BCUT2D eigenvalue weighted by atomic mass is 10.1. The first kappa shape index (κ1) is 19.0. The molecule has 0 spiro atoms. The van der Waals surface area contributed by atoms with Crippen LogP contribution in [0.4, 0.5) is 17.1 Å².